The van der Waals surface area contributed by atoms with Gasteiger partial charge in [-0.15, -0.1) is 0 Å². The highest BCUT2D eigenvalue weighted by Crippen LogP contribution is 2.18. The van der Waals surface area contributed by atoms with Gasteiger partial charge < -0.3 is 16.3 Å². The zero-order valence-electron chi connectivity index (χ0n) is 11.2. The molecule has 0 spiro atoms. The van der Waals surface area contributed by atoms with Crippen molar-refractivity contribution < 1.29 is 10.0 Å². The number of amides is 1. The molecule has 5 nitrogen and oxygen atoms in total. The first-order valence-electron chi connectivity index (χ1n) is 5.80. The standard InChI is InChI=1S/C13H18BrN3O2/c1-8-6-9(4-5-10(8)14)11(18)16-7-13(2,3)12(15)17-19/h4-6,19H,7H2,1-3H3,(H2,15,17)(H,16,18). The number of carbonyl (C=O) groups excluding carboxylic acids is 1. The van der Waals surface area contributed by atoms with Crippen LogP contribution in [0.5, 0.6) is 0 Å². The first-order chi connectivity index (χ1) is 8.77. The highest BCUT2D eigenvalue weighted by Gasteiger charge is 2.24. The van der Waals surface area contributed by atoms with Crippen LogP contribution in [0.4, 0.5) is 0 Å². The summed E-state index contributed by atoms with van der Waals surface area (Å²) in [7, 11) is 0. The van der Waals surface area contributed by atoms with E-state index in [2.05, 4.69) is 26.4 Å². The highest BCUT2D eigenvalue weighted by atomic mass is 79.9. The van der Waals surface area contributed by atoms with E-state index in [1.165, 1.54) is 0 Å². The predicted octanol–water partition coefficient (Wildman–Crippen LogP) is 2.26. The number of hydrogen-bond acceptors (Lipinski definition) is 3. The van der Waals surface area contributed by atoms with Gasteiger partial charge in [-0.1, -0.05) is 34.9 Å². The Bertz CT molecular complexity index is 513. The van der Waals surface area contributed by atoms with Crippen molar-refractivity contribution in [2.24, 2.45) is 16.3 Å². The van der Waals surface area contributed by atoms with Gasteiger partial charge in [0.25, 0.3) is 5.91 Å². The van der Waals surface area contributed by atoms with Crippen LogP contribution < -0.4 is 11.1 Å². The maximum absolute atomic E-state index is 12.0. The Kier molecular flexibility index (Phi) is 4.94. The van der Waals surface area contributed by atoms with E-state index < -0.39 is 5.41 Å². The maximum atomic E-state index is 12.0. The second-order valence-electron chi connectivity index (χ2n) is 5.02. The van der Waals surface area contributed by atoms with E-state index in [1.54, 1.807) is 26.0 Å². The average molecular weight is 328 g/mol. The van der Waals surface area contributed by atoms with Crippen LogP contribution in [-0.2, 0) is 0 Å². The van der Waals surface area contributed by atoms with Crippen LogP contribution in [0.3, 0.4) is 0 Å². The lowest BCUT2D eigenvalue weighted by molar-refractivity contribution is 0.0944. The summed E-state index contributed by atoms with van der Waals surface area (Å²) in [5, 5.41) is 14.4. The number of amidine groups is 1. The fraction of sp³-hybridized carbons (Fsp3) is 0.385. The van der Waals surface area contributed by atoms with Crippen molar-refractivity contribution in [3.05, 3.63) is 33.8 Å². The largest absolute Gasteiger partial charge is 0.409 e. The molecule has 0 heterocycles. The first kappa shape index (κ1) is 15.5. The molecule has 0 fully saturated rings. The average Bonchev–Trinajstić information content (AvgIpc) is 2.38. The summed E-state index contributed by atoms with van der Waals surface area (Å²) in [6, 6.07) is 5.37. The smallest absolute Gasteiger partial charge is 0.251 e. The van der Waals surface area contributed by atoms with E-state index in [1.807, 2.05) is 13.0 Å². The van der Waals surface area contributed by atoms with Gasteiger partial charge in [-0.3, -0.25) is 4.79 Å². The maximum Gasteiger partial charge on any atom is 0.251 e. The number of hydrogen-bond donors (Lipinski definition) is 3. The molecule has 0 saturated carbocycles. The highest BCUT2D eigenvalue weighted by molar-refractivity contribution is 9.10. The lowest BCUT2D eigenvalue weighted by Crippen LogP contribution is -2.42. The van der Waals surface area contributed by atoms with Gasteiger partial charge >= 0.3 is 0 Å². The molecule has 0 saturated heterocycles. The summed E-state index contributed by atoms with van der Waals surface area (Å²) in [4.78, 5) is 12.0. The number of halogens is 1. The van der Waals surface area contributed by atoms with Crippen molar-refractivity contribution >= 4 is 27.7 Å². The van der Waals surface area contributed by atoms with Crippen LogP contribution >= 0.6 is 15.9 Å². The molecule has 1 aromatic carbocycles. The summed E-state index contributed by atoms with van der Waals surface area (Å²) in [5.41, 5.74) is 6.53. The van der Waals surface area contributed by atoms with Crippen molar-refractivity contribution in [3.63, 3.8) is 0 Å². The minimum absolute atomic E-state index is 0.0831. The van der Waals surface area contributed by atoms with Crippen LogP contribution in [0.25, 0.3) is 0 Å². The zero-order chi connectivity index (χ0) is 14.6. The lowest BCUT2D eigenvalue weighted by Gasteiger charge is -2.23. The first-order valence-corrected chi connectivity index (χ1v) is 6.59. The molecule has 0 aliphatic heterocycles. The normalized spacial score (nSPS) is 12.3. The zero-order valence-corrected chi connectivity index (χ0v) is 12.8. The molecule has 19 heavy (non-hydrogen) atoms. The molecular formula is C13H18BrN3O2. The van der Waals surface area contributed by atoms with E-state index >= 15 is 0 Å². The number of carbonyl (C=O) groups is 1. The Labute approximate surface area is 121 Å². The van der Waals surface area contributed by atoms with Gasteiger partial charge in [0.15, 0.2) is 0 Å². The van der Waals surface area contributed by atoms with Crippen molar-refractivity contribution in [1.29, 1.82) is 0 Å². The fourth-order valence-electron chi connectivity index (χ4n) is 1.42. The third kappa shape index (κ3) is 3.96. The lowest BCUT2D eigenvalue weighted by atomic mass is 9.92. The minimum Gasteiger partial charge on any atom is -0.409 e. The topological polar surface area (TPSA) is 87.7 Å². The number of nitrogens with one attached hydrogen (secondary N) is 1. The molecule has 1 aromatic rings. The number of nitrogens with zero attached hydrogens (tertiary/aromatic N) is 1. The molecule has 0 aromatic heterocycles. The van der Waals surface area contributed by atoms with Crippen LogP contribution in [0.1, 0.15) is 29.8 Å². The predicted molar refractivity (Wildman–Crippen MR) is 78.4 cm³/mol. The summed E-state index contributed by atoms with van der Waals surface area (Å²) >= 11 is 3.39. The molecule has 0 unspecified atom stereocenters. The SMILES string of the molecule is Cc1cc(C(=O)NCC(C)(C)/C(N)=N/O)ccc1Br. The van der Waals surface area contributed by atoms with Crippen molar-refractivity contribution in [1.82, 2.24) is 5.32 Å². The van der Waals surface area contributed by atoms with Crippen molar-refractivity contribution in [3.8, 4) is 0 Å². The number of aryl methyl sites for hydroxylation is 1. The minimum atomic E-state index is -0.602. The molecule has 0 aliphatic rings. The number of oxime groups is 1. The van der Waals surface area contributed by atoms with Crippen LogP contribution in [-0.4, -0.2) is 23.5 Å². The number of benzene rings is 1. The van der Waals surface area contributed by atoms with Gasteiger partial charge in [0.05, 0.1) is 0 Å². The quantitative estimate of drug-likeness (QED) is 0.343. The number of rotatable bonds is 4. The molecular weight excluding hydrogens is 310 g/mol. The Balaban J connectivity index is 2.73. The van der Waals surface area contributed by atoms with E-state index in [4.69, 9.17) is 10.9 Å². The summed E-state index contributed by atoms with van der Waals surface area (Å²) in [6.07, 6.45) is 0. The molecule has 1 rings (SSSR count). The fourth-order valence-corrected chi connectivity index (χ4v) is 1.66. The van der Waals surface area contributed by atoms with E-state index in [0.717, 1.165) is 10.0 Å². The summed E-state index contributed by atoms with van der Waals surface area (Å²) in [5.74, 6) is -0.103. The van der Waals surface area contributed by atoms with Gasteiger partial charge in [0.1, 0.15) is 5.84 Å². The van der Waals surface area contributed by atoms with Gasteiger partial charge in [-0.2, -0.15) is 0 Å². The molecule has 104 valence electrons. The molecule has 0 radical (unpaired) electrons. The van der Waals surface area contributed by atoms with Crippen LogP contribution in [0.2, 0.25) is 0 Å². The molecule has 0 atom stereocenters. The summed E-state index contributed by atoms with van der Waals surface area (Å²) < 4.78 is 0.959. The number of nitrogens with two attached hydrogens (primary N) is 1. The molecule has 0 bridgehead atoms. The van der Waals surface area contributed by atoms with Crippen molar-refractivity contribution in [2.75, 3.05) is 6.54 Å². The van der Waals surface area contributed by atoms with Gasteiger partial charge in [-0.05, 0) is 30.7 Å². The third-order valence-electron chi connectivity index (χ3n) is 2.91. The summed E-state index contributed by atoms with van der Waals surface area (Å²) in [6.45, 7) is 5.78. The Morgan fingerprint density at radius 3 is 2.68 bits per heavy atom. The van der Waals surface area contributed by atoms with E-state index in [0.29, 0.717) is 5.56 Å². The van der Waals surface area contributed by atoms with Crippen LogP contribution in [0.15, 0.2) is 27.8 Å². The van der Waals surface area contributed by atoms with Crippen molar-refractivity contribution in [2.45, 2.75) is 20.8 Å². The van der Waals surface area contributed by atoms with Gasteiger partial charge in [0.2, 0.25) is 0 Å². The second-order valence-corrected chi connectivity index (χ2v) is 5.87. The molecule has 4 N–H and O–H groups in total. The second kappa shape index (κ2) is 6.06. The van der Waals surface area contributed by atoms with E-state index in [9.17, 15) is 4.79 Å². The Hall–Kier alpha value is -1.56. The van der Waals surface area contributed by atoms with Gasteiger partial charge in [-0.25, -0.2) is 0 Å². The van der Waals surface area contributed by atoms with Crippen LogP contribution in [0, 0.1) is 12.3 Å². The molecule has 6 heteroatoms. The van der Waals surface area contributed by atoms with Gasteiger partial charge in [0, 0.05) is 22.0 Å². The third-order valence-corrected chi connectivity index (χ3v) is 3.80. The van der Waals surface area contributed by atoms with E-state index in [-0.39, 0.29) is 18.3 Å². The molecule has 0 aliphatic carbocycles. The monoisotopic (exact) mass is 327 g/mol. The Morgan fingerprint density at radius 2 is 2.16 bits per heavy atom. The molecule has 1 amide bonds. The Morgan fingerprint density at radius 1 is 1.53 bits per heavy atom.